The molecule has 0 unspecified atom stereocenters. The second-order valence-electron chi connectivity index (χ2n) is 5.78. The molecule has 3 aromatic rings. The number of nitrogens with zero attached hydrogens (tertiary/aromatic N) is 4. The van der Waals surface area contributed by atoms with Crippen molar-refractivity contribution >= 4 is 5.91 Å². The first kappa shape index (κ1) is 19.2. The van der Waals surface area contributed by atoms with Crippen LogP contribution in [-0.4, -0.2) is 20.9 Å². The number of amides is 1. The lowest BCUT2D eigenvalue weighted by atomic mass is 10.1. The lowest BCUT2D eigenvalue weighted by Crippen LogP contribution is -2.29. The van der Waals surface area contributed by atoms with Crippen molar-refractivity contribution in [3.05, 3.63) is 59.9 Å². The maximum absolute atomic E-state index is 12.6. The third-order valence-electron chi connectivity index (χ3n) is 3.76. The van der Waals surface area contributed by atoms with Gasteiger partial charge in [0.1, 0.15) is 12.2 Å². The van der Waals surface area contributed by atoms with Crippen molar-refractivity contribution in [3.63, 3.8) is 0 Å². The minimum absolute atomic E-state index is 0.188. The van der Waals surface area contributed by atoms with E-state index in [1.807, 2.05) is 6.07 Å². The summed E-state index contributed by atoms with van der Waals surface area (Å²) in [5, 5.41) is 12.1. The summed E-state index contributed by atoms with van der Waals surface area (Å²) >= 11 is 0. The monoisotopic (exact) mass is 390 g/mol. The molecule has 1 aromatic carbocycles. The molecule has 2 heterocycles. The Kier molecular flexibility index (Phi) is 5.44. The highest BCUT2D eigenvalue weighted by Crippen LogP contribution is 2.29. The van der Waals surface area contributed by atoms with Crippen LogP contribution in [0.3, 0.4) is 0 Å². The highest BCUT2D eigenvalue weighted by molar-refractivity contribution is 5.78. The lowest BCUT2D eigenvalue weighted by Gasteiger charge is -2.20. The van der Waals surface area contributed by atoms with Gasteiger partial charge in [-0.1, -0.05) is 29.4 Å². The number of carbonyl (C=O) groups excluding carboxylic acids is 1. The number of halogens is 3. The van der Waals surface area contributed by atoms with Crippen molar-refractivity contribution < 1.29 is 26.9 Å². The number of furan rings is 1. The van der Waals surface area contributed by atoms with E-state index in [2.05, 4.69) is 14.7 Å². The van der Waals surface area contributed by atoms with Crippen LogP contribution < -0.4 is 0 Å². The zero-order valence-electron chi connectivity index (χ0n) is 14.3. The molecular weight excluding hydrogens is 377 g/mol. The maximum atomic E-state index is 12.6. The normalized spacial score (nSPS) is 11.2. The molecule has 0 N–H and O–H groups in total. The van der Waals surface area contributed by atoms with Gasteiger partial charge in [0.05, 0.1) is 18.9 Å². The molecule has 0 aliphatic rings. The highest BCUT2D eigenvalue weighted by Gasteiger charge is 2.38. The van der Waals surface area contributed by atoms with Crippen LogP contribution in [0.15, 0.2) is 51.6 Å². The van der Waals surface area contributed by atoms with Crippen molar-refractivity contribution in [2.24, 2.45) is 0 Å². The van der Waals surface area contributed by atoms with Gasteiger partial charge in [0.25, 0.3) is 0 Å². The Labute approximate surface area is 157 Å². The topological polar surface area (TPSA) is 96.2 Å². The van der Waals surface area contributed by atoms with Crippen molar-refractivity contribution in [1.29, 1.82) is 5.26 Å². The second-order valence-corrected chi connectivity index (χ2v) is 5.78. The number of carbonyl (C=O) groups is 1. The number of nitriles is 1. The van der Waals surface area contributed by atoms with E-state index in [1.165, 1.54) is 23.3 Å². The van der Waals surface area contributed by atoms with Crippen molar-refractivity contribution in [3.8, 4) is 17.5 Å². The molecule has 10 heteroatoms. The number of aromatic nitrogens is 2. The lowest BCUT2D eigenvalue weighted by molar-refractivity contribution is -0.159. The highest BCUT2D eigenvalue weighted by atomic mass is 19.4. The van der Waals surface area contributed by atoms with Gasteiger partial charge in [-0.05, 0) is 17.7 Å². The Hall–Kier alpha value is -3.61. The zero-order valence-corrected chi connectivity index (χ0v) is 14.3. The molecule has 0 aliphatic heterocycles. The average molecular weight is 390 g/mol. The van der Waals surface area contributed by atoms with Gasteiger partial charge in [0.15, 0.2) is 0 Å². The predicted octanol–water partition coefficient (Wildman–Crippen LogP) is 3.79. The van der Waals surface area contributed by atoms with Crippen LogP contribution in [0.4, 0.5) is 13.2 Å². The maximum Gasteiger partial charge on any atom is 0.471 e. The fraction of sp³-hybridized carbons (Fsp3) is 0.222. The zero-order chi connectivity index (χ0) is 20.1. The summed E-state index contributed by atoms with van der Waals surface area (Å²) in [6.07, 6.45) is -3.50. The fourth-order valence-electron chi connectivity index (χ4n) is 2.44. The molecule has 0 saturated carbocycles. The number of benzene rings is 1. The minimum atomic E-state index is -4.71. The predicted molar refractivity (Wildman–Crippen MR) is 87.9 cm³/mol. The average Bonchev–Trinajstić information content (AvgIpc) is 3.33. The number of rotatable bonds is 6. The van der Waals surface area contributed by atoms with Gasteiger partial charge in [0.2, 0.25) is 11.7 Å². The molecule has 144 valence electrons. The SMILES string of the molecule is N#CCC(=O)N(Cc1ccc(-c2noc(C(F)(F)F)n2)cc1)Cc1ccco1. The van der Waals surface area contributed by atoms with Crippen LogP contribution >= 0.6 is 0 Å². The minimum Gasteiger partial charge on any atom is -0.467 e. The summed E-state index contributed by atoms with van der Waals surface area (Å²) in [7, 11) is 0. The molecule has 0 radical (unpaired) electrons. The molecule has 28 heavy (non-hydrogen) atoms. The summed E-state index contributed by atoms with van der Waals surface area (Å²) in [6, 6.07) is 11.5. The summed E-state index contributed by atoms with van der Waals surface area (Å²) in [4.78, 5) is 17.0. The molecule has 1 amide bonds. The number of hydrogen-bond acceptors (Lipinski definition) is 6. The first-order chi connectivity index (χ1) is 13.4. The quantitative estimate of drug-likeness (QED) is 0.635. The van der Waals surface area contributed by atoms with Gasteiger partial charge in [-0.15, -0.1) is 0 Å². The van der Waals surface area contributed by atoms with Crippen LogP contribution in [0.2, 0.25) is 0 Å². The second kappa shape index (κ2) is 7.96. The third-order valence-corrected chi connectivity index (χ3v) is 3.76. The molecule has 0 spiro atoms. The third kappa shape index (κ3) is 4.56. The Morgan fingerprint density at radius 3 is 2.50 bits per heavy atom. The Morgan fingerprint density at radius 1 is 1.18 bits per heavy atom. The van der Waals surface area contributed by atoms with E-state index in [0.717, 1.165) is 0 Å². The number of alkyl halides is 3. The molecule has 0 fully saturated rings. The summed E-state index contributed by atoms with van der Waals surface area (Å²) in [6.45, 7) is 0.386. The first-order valence-electron chi connectivity index (χ1n) is 8.04. The van der Waals surface area contributed by atoms with E-state index in [4.69, 9.17) is 9.68 Å². The van der Waals surface area contributed by atoms with E-state index >= 15 is 0 Å². The van der Waals surface area contributed by atoms with Gasteiger partial charge in [-0.3, -0.25) is 4.79 Å². The van der Waals surface area contributed by atoms with E-state index in [1.54, 1.807) is 24.3 Å². The molecule has 3 rings (SSSR count). The largest absolute Gasteiger partial charge is 0.471 e. The van der Waals surface area contributed by atoms with E-state index in [0.29, 0.717) is 16.9 Å². The van der Waals surface area contributed by atoms with Crippen molar-refractivity contribution in [2.75, 3.05) is 0 Å². The van der Waals surface area contributed by atoms with Crippen LogP contribution in [0.25, 0.3) is 11.4 Å². The molecule has 0 aliphatic carbocycles. The van der Waals surface area contributed by atoms with Gasteiger partial charge in [-0.2, -0.15) is 23.4 Å². The number of hydrogen-bond donors (Lipinski definition) is 0. The van der Waals surface area contributed by atoms with Crippen molar-refractivity contribution in [2.45, 2.75) is 25.7 Å². The smallest absolute Gasteiger partial charge is 0.467 e. The van der Waals surface area contributed by atoms with Crippen LogP contribution in [-0.2, 0) is 24.1 Å². The molecule has 0 saturated heterocycles. The van der Waals surface area contributed by atoms with Gasteiger partial charge in [-0.25, -0.2) is 0 Å². The fourth-order valence-corrected chi connectivity index (χ4v) is 2.44. The van der Waals surface area contributed by atoms with E-state index in [-0.39, 0.29) is 31.2 Å². The molecular formula is C18H13F3N4O3. The van der Waals surface area contributed by atoms with Gasteiger partial charge >= 0.3 is 12.1 Å². The summed E-state index contributed by atoms with van der Waals surface area (Å²) in [5.74, 6) is -1.41. The van der Waals surface area contributed by atoms with Crippen LogP contribution in [0.1, 0.15) is 23.6 Å². The first-order valence-corrected chi connectivity index (χ1v) is 8.04. The van der Waals surface area contributed by atoms with Crippen LogP contribution in [0, 0.1) is 11.3 Å². The molecule has 7 nitrogen and oxygen atoms in total. The van der Waals surface area contributed by atoms with Crippen LogP contribution in [0.5, 0.6) is 0 Å². The van der Waals surface area contributed by atoms with E-state index in [9.17, 15) is 18.0 Å². The Bertz CT molecular complexity index is 973. The molecule has 0 atom stereocenters. The molecule has 0 bridgehead atoms. The Balaban J connectivity index is 1.74. The molecule has 2 aromatic heterocycles. The van der Waals surface area contributed by atoms with Crippen molar-refractivity contribution in [1.82, 2.24) is 15.0 Å². The summed E-state index contributed by atoms with van der Waals surface area (Å²) in [5.41, 5.74) is 1.05. The van der Waals surface area contributed by atoms with E-state index < -0.39 is 12.1 Å². The van der Waals surface area contributed by atoms with Gasteiger partial charge < -0.3 is 13.8 Å². The standard InChI is InChI=1S/C18H13F3N4O3/c19-18(20,21)17-23-16(24-28-17)13-5-3-12(4-6-13)10-25(15(26)7-8-22)11-14-2-1-9-27-14/h1-6,9H,7,10-11H2. The van der Waals surface area contributed by atoms with Gasteiger partial charge in [0, 0.05) is 12.1 Å². The Morgan fingerprint density at radius 2 is 1.93 bits per heavy atom. The summed E-state index contributed by atoms with van der Waals surface area (Å²) < 4.78 is 47.1.